The highest BCUT2D eigenvalue weighted by Crippen LogP contribution is 2.30. The second kappa shape index (κ2) is 6.09. The molecular formula is C13H13ClN2O5. The van der Waals surface area contributed by atoms with Crippen molar-refractivity contribution in [1.82, 2.24) is 5.32 Å². The third kappa shape index (κ3) is 3.13. The lowest BCUT2D eigenvalue weighted by atomic mass is 10.0. The summed E-state index contributed by atoms with van der Waals surface area (Å²) in [4.78, 5) is 33.5. The maximum atomic E-state index is 12.2. The Balaban J connectivity index is 2.23. The molecule has 2 rings (SSSR count). The summed E-state index contributed by atoms with van der Waals surface area (Å²) in [5.74, 6) is -2.31. The number of hydrogen-bond donors (Lipinski definition) is 2. The first-order valence-corrected chi connectivity index (χ1v) is 6.76. The monoisotopic (exact) mass is 312 g/mol. The van der Waals surface area contributed by atoms with Gasteiger partial charge < -0.3 is 10.4 Å². The minimum atomic E-state index is -0.974. The number of carbonyl (C=O) groups excluding carboxylic acids is 1. The summed E-state index contributed by atoms with van der Waals surface area (Å²) in [5.41, 5.74) is -0.634. The fourth-order valence-corrected chi connectivity index (χ4v) is 2.80. The maximum absolute atomic E-state index is 12.2. The summed E-state index contributed by atoms with van der Waals surface area (Å²) >= 11 is 5.75. The molecule has 112 valence electrons. The molecule has 1 aromatic carbocycles. The van der Waals surface area contributed by atoms with Crippen LogP contribution in [-0.4, -0.2) is 27.9 Å². The normalized spacial score (nSPS) is 21.0. The van der Waals surface area contributed by atoms with Crippen molar-refractivity contribution in [1.29, 1.82) is 0 Å². The maximum Gasteiger partial charge on any atom is 0.308 e. The molecule has 0 aromatic heterocycles. The van der Waals surface area contributed by atoms with Crippen molar-refractivity contribution in [3.8, 4) is 0 Å². The highest BCUT2D eigenvalue weighted by Gasteiger charge is 2.35. The fourth-order valence-electron chi connectivity index (χ4n) is 2.56. The lowest BCUT2D eigenvalue weighted by Gasteiger charge is -2.17. The van der Waals surface area contributed by atoms with Crippen molar-refractivity contribution in [2.24, 2.45) is 5.92 Å². The molecule has 21 heavy (non-hydrogen) atoms. The van der Waals surface area contributed by atoms with Gasteiger partial charge in [0.25, 0.3) is 5.91 Å². The van der Waals surface area contributed by atoms with Crippen LogP contribution in [0.2, 0.25) is 5.02 Å². The van der Waals surface area contributed by atoms with Gasteiger partial charge in [0.15, 0.2) is 0 Å². The van der Waals surface area contributed by atoms with E-state index in [0.717, 1.165) is 0 Å². The van der Waals surface area contributed by atoms with Crippen LogP contribution in [0, 0.1) is 16.0 Å². The lowest BCUT2D eigenvalue weighted by Crippen LogP contribution is -2.40. The SMILES string of the molecule is O=C(NC1CCCC1C(=O)O)c1cccc(Cl)c1[N+](=O)[O-]. The van der Waals surface area contributed by atoms with Crippen LogP contribution in [0.1, 0.15) is 29.6 Å². The van der Waals surface area contributed by atoms with Gasteiger partial charge in [-0.1, -0.05) is 24.1 Å². The van der Waals surface area contributed by atoms with Gasteiger partial charge in [0, 0.05) is 6.04 Å². The number of carboxylic acid groups (broad SMARTS) is 1. The van der Waals surface area contributed by atoms with Crippen molar-refractivity contribution in [3.63, 3.8) is 0 Å². The second-order valence-electron chi connectivity index (χ2n) is 4.85. The van der Waals surface area contributed by atoms with Crippen molar-refractivity contribution < 1.29 is 19.6 Å². The molecule has 0 aliphatic heterocycles. The molecule has 2 N–H and O–H groups in total. The molecule has 1 amide bonds. The van der Waals surface area contributed by atoms with E-state index in [0.29, 0.717) is 19.3 Å². The number of carbonyl (C=O) groups is 2. The summed E-state index contributed by atoms with van der Waals surface area (Å²) < 4.78 is 0. The molecule has 1 aromatic rings. The van der Waals surface area contributed by atoms with E-state index in [-0.39, 0.29) is 10.6 Å². The van der Waals surface area contributed by atoms with Crippen LogP contribution in [0.4, 0.5) is 5.69 Å². The van der Waals surface area contributed by atoms with Gasteiger partial charge in [-0.2, -0.15) is 0 Å². The van der Waals surface area contributed by atoms with E-state index < -0.39 is 34.4 Å². The van der Waals surface area contributed by atoms with Crippen LogP contribution in [-0.2, 0) is 4.79 Å². The van der Waals surface area contributed by atoms with E-state index in [9.17, 15) is 19.7 Å². The van der Waals surface area contributed by atoms with Gasteiger partial charge >= 0.3 is 11.7 Å². The van der Waals surface area contributed by atoms with E-state index in [4.69, 9.17) is 16.7 Å². The summed E-state index contributed by atoms with van der Waals surface area (Å²) in [5, 5.41) is 22.5. The van der Waals surface area contributed by atoms with Crippen molar-refractivity contribution in [2.75, 3.05) is 0 Å². The number of nitrogens with one attached hydrogen (secondary N) is 1. The Morgan fingerprint density at radius 2 is 2.10 bits per heavy atom. The van der Waals surface area contributed by atoms with Gasteiger partial charge in [-0.25, -0.2) is 0 Å². The van der Waals surface area contributed by atoms with Crippen molar-refractivity contribution >= 4 is 29.2 Å². The number of aliphatic carboxylic acids is 1. The molecule has 0 spiro atoms. The number of hydrogen-bond acceptors (Lipinski definition) is 4. The average molecular weight is 313 g/mol. The molecule has 8 heteroatoms. The van der Waals surface area contributed by atoms with Gasteiger partial charge in [-0.3, -0.25) is 19.7 Å². The standard InChI is InChI=1S/C13H13ClN2O5/c14-9-5-1-4-8(11(9)16(20)21)12(17)15-10-6-2-3-7(10)13(18)19/h1,4-5,7,10H,2-3,6H2,(H,15,17)(H,18,19). The van der Waals surface area contributed by atoms with E-state index in [2.05, 4.69) is 5.32 Å². The Morgan fingerprint density at radius 3 is 2.71 bits per heavy atom. The Labute approximate surface area is 125 Å². The van der Waals surface area contributed by atoms with Gasteiger partial charge in [-0.05, 0) is 25.0 Å². The highest BCUT2D eigenvalue weighted by molar-refractivity contribution is 6.33. The van der Waals surface area contributed by atoms with E-state index in [1.165, 1.54) is 18.2 Å². The molecule has 1 aliphatic carbocycles. The summed E-state index contributed by atoms with van der Waals surface area (Å²) in [6, 6.07) is 3.54. The zero-order valence-corrected chi connectivity index (χ0v) is 11.7. The smallest absolute Gasteiger partial charge is 0.308 e. The summed E-state index contributed by atoms with van der Waals surface area (Å²) in [7, 11) is 0. The zero-order valence-electron chi connectivity index (χ0n) is 10.9. The van der Waals surface area contributed by atoms with Gasteiger partial charge in [0.1, 0.15) is 10.6 Å². The Hall–Kier alpha value is -2.15. The first-order valence-electron chi connectivity index (χ1n) is 6.38. The first-order chi connectivity index (χ1) is 9.91. The number of amides is 1. The third-order valence-electron chi connectivity index (χ3n) is 3.56. The summed E-state index contributed by atoms with van der Waals surface area (Å²) in [6.45, 7) is 0. The van der Waals surface area contributed by atoms with Crippen LogP contribution in [0.5, 0.6) is 0 Å². The minimum Gasteiger partial charge on any atom is -0.481 e. The van der Waals surface area contributed by atoms with Crippen LogP contribution in [0.15, 0.2) is 18.2 Å². The molecule has 0 bridgehead atoms. The molecule has 2 atom stereocenters. The first kappa shape index (κ1) is 15.2. The molecule has 0 heterocycles. The molecule has 2 unspecified atom stereocenters. The molecule has 1 fully saturated rings. The number of halogens is 1. The van der Waals surface area contributed by atoms with Crippen molar-refractivity contribution in [2.45, 2.75) is 25.3 Å². The Bertz CT molecular complexity index is 604. The van der Waals surface area contributed by atoms with Crippen LogP contribution >= 0.6 is 11.6 Å². The quantitative estimate of drug-likeness (QED) is 0.654. The molecule has 1 aliphatic rings. The van der Waals surface area contributed by atoms with Gasteiger partial charge in [-0.15, -0.1) is 0 Å². The predicted octanol–water partition coefficient (Wildman–Crippen LogP) is 2.23. The van der Waals surface area contributed by atoms with Gasteiger partial charge in [0.05, 0.1) is 10.8 Å². The Morgan fingerprint density at radius 1 is 1.38 bits per heavy atom. The average Bonchev–Trinajstić information content (AvgIpc) is 2.86. The number of para-hydroxylation sites is 1. The fraction of sp³-hybridized carbons (Fsp3) is 0.385. The van der Waals surface area contributed by atoms with Crippen LogP contribution in [0.25, 0.3) is 0 Å². The molecule has 7 nitrogen and oxygen atoms in total. The topological polar surface area (TPSA) is 110 Å². The molecular weight excluding hydrogens is 300 g/mol. The second-order valence-corrected chi connectivity index (χ2v) is 5.26. The number of nitro groups is 1. The number of rotatable bonds is 4. The third-order valence-corrected chi connectivity index (χ3v) is 3.87. The number of nitrogens with zero attached hydrogens (tertiary/aromatic N) is 1. The largest absolute Gasteiger partial charge is 0.481 e. The lowest BCUT2D eigenvalue weighted by molar-refractivity contribution is -0.385. The van der Waals surface area contributed by atoms with Crippen LogP contribution < -0.4 is 5.32 Å². The number of benzene rings is 1. The van der Waals surface area contributed by atoms with Crippen molar-refractivity contribution in [3.05, 3.63) is 38.9 Å². The molecule has 1 saturated carbocycles. The minimum absolute atomic E-state index is 0.131. The van der Waals surface area contributed by atoms with E-state index in [1.54, 1.807) is 0 Å². The van der Waals surface area contributed by atoms with Crippen LogP contribution in [0.3, 0.4) is 0 Å². The number of nitro benzene ring substituents is 1. The Kier molecular flexibility index (Phi) is 4.42. The van der Waals surface area contributed by atoms with E-state index in [1.807, 2.05) is 0 Å². The predicted molar refractivity (Wildman–Crippen MR) is 74.3 cm³/mol. The van der Waals surface area contributed by atoms with E-state index >= 15 is 0 Å². The van der Waals surface area contributed by atoms with Gasteiger partial charge in [0.2, 0.25) is 0 Å². The summed E-state index contributed by atoms with van der Waals surface area (Å²) in [6.07, 6.45) is 1.72. The zero-order chi connectivity index (χ0) is 15.6. The molecule has 0 radical (unpaired) electrons. The highest BCUT2D eigenvalue weighted by atomic mass is 35.5. The molecule has 0 saturated heterocycles. The number of carboxylic acids is 1.